The molecule has 0 spiro atoms. The number of benzene rings is 1. The van der Waals surface area contributed by atoms with Crippen LogP contribution >= 0.6 is 0 Å². The van der Waals surface area contributed by atoms with E-state index in [1.165, 1.54) is 12.1 Å². The minimum atomic E-state index is -0.978. The third-order valence-corrected chi connectivity index (χ3v) is 2.58. The van der Waals surface area contributed by atoms with Crippen molar-refractivity contribution in [3.8, 4) is 0 Å². The first-order chi connectivity index (χ1) is 8.76. The normalized spacial score (nSPS) is 14.6. The maximum absolute atomic E-state index is 13.7. The van der Waals surface area contributed by atoms with Gasteiger partial charge in [0.05, 0.1) is 0 Å². The minimum absolute atomic E-state index is 0.343. The summed E-state index contributed by atoms with van der Waals surface area (Å²) >= 11 is 0. The fourth-order valence-corrected chi connectivity index (χ4v) is 1.73. The predicted molar refractivity (Wildman–Crippen MR) is 73.2 cm³/mol. The van der Waals surface area contributed by atoms with Crippen molar-refractivity contribution in [3.63, 3.8) is 0 Å². The van der Waals surface area contributed by atoms with Gasteiger partial charge in [0, 0.05) is 5.92 Å². The summed E-state index contributed by atoms with van der Waals surface area (Å²) in [5.74, 6) is -1.59. The van der Waals surface area contributed by atoms with E-state index in [0.717, 1.165) is 0 Å². The van der Waals surface area contributed by atoms with Gasteiger partial charge < -0.3 is 10.5 Å². The second kappa shape index (κ2) is 5.97. The van der Waals surface area contributed by atoms with Gasteiger partial charge in [-0.2, -0.15) is 0 Å². The molecule has 1 rings (SSSR count). The SMILES string of the molecule is C=C[C@@H](c1ccccc1F)[C@H](N)C(=O)OC(C)(C)C. The Balaban J connectivity index is 2.95. The molecule has 0 saturated carbocycles. The summed E-state index contributed by atoms with van der Waals surface area (Å²) in [7, 11) is 0. The number of nitrogens with two attached hydrogens (primary N) is 1. The van der Waals surface area contributed by atoms with Gasteiger partial charge in [0.2, 0.25) is 0 Å². The average Bonchev–Trinajstić information content (AvgIpc) is 2.30. The maximum atomic E-state index is 13.7. The van der Waals surface area contributed by atoms with Gasteiger partial charge in [-0.15, -0.1) is 6.58 Å². The quantitative estimate of drug-likeness (QED) is 0.672. The summed E-state index contributed by atoms with van der Waals surface area (Å²) in [6.07, 6.45) is 1.47. The molecule has 104 valence electrons. The number of carbonyl (C=O) groups is 1. The van der Waals surface area contributed by atoms with Gasteiger partial charge in [-0.3, -0.25) is 4.79 Å². The van der Waals surface area contributed by atoms with Crippen molar-refractivity contribution in [2.24, 2.45) is 5.73 Å². The lowest BCUT2D eigenvalue weighted by atomic mass is 9.91. The number of halogens is 1. The molecule has 0 saturated heterocycles. The van der Waals surface area contributed by atoms with Crippen LogP contribution in [0.3, 0.4) is 0 Å². The number of hydrogen-bond acceptors (Lipinski definition) is 3. The second-order valence-corrected chi connectivity index (χ2v) is 5.34. The Labute approximate surface area is 113 Å². The standard InChI is InChI=1S/C15H20FNO2/c1-5-10(11-8-6-7-9-12(11)16)13(17)14(18)19-15(2,3)4/h5-10,13H,1,17H2,2-4H3/t10-,13-/m0/s1. The molecular weight excluding hydrogens is 245 g/mol. The molecule has 4 heteroatoms. The molecule has 0 radical (unpaired) electrons. The van der Waals surface area contributed by atoms with Crippen molar-refractivity contribution < 1.29 is 13.9 Å². The number of ether oxygens (including phenoxy) is 1. The van der Waals surface area contributed by atoms with Gasteiger partial charge in [-0.25, -0.2) is 4.39 Å². The first-order valence-electron chi connectivity index (χ1n) is 6.11. The lowest BCUT2D eigenvalue weighted by molar-refractivity contribution is -0.156. The van der Waals surface area contributed by atoms with Crippen molar-refractivity contribution in [2.45, 2.75) is 38.3 Å². The molecule has 0 amide bonds. The van der Waals surface area contributed by atoms with Crippen LogP contribution in [0.5, 0.6) is 0 Å². The van der Waals surface area contributed by atoms with E-state index in [1.54, 1.807) is 39.0 Å². The van der Waals surface area contributed by atoms with Gasteiger partial charge in [-0.1, -0.05) is 24.3 Å². The Bertz CT molecular complexity index is 465. The Hall–Kier alpha value is -1.68. The van der Waals surface area contributed by atoms with Gasteiger partial charge in [0.15, 0.2) is 0 Å². The molecule has 0 aliphatic carbocycles. The lowest BCUT2D eigenvalue weighted by Gasteiger charge is -2.25. The van der Waals surface area contributed by atoms with Crippen LogP contribution in [0.2, 0.25) is 0 Å². The smallest absolute Gasteiger partial charge is 0.324 e. The zero-order valence-electron chi connectivity index (χ0n) is 11.5. The first-order valence-corrected chi connectivity index (χ1v) is 6.11. The molecule has 0 aliphatic heterocycles. The van der Waals surface area contributed by atoms with Crippen LogP contribution < -0.4 is 5.73 Å². The summed E-state index contributed by atoms with van der Waals surface area (Å²) in [6.45, 7) is 8.88. The second-order valence-electron chi connectivity index (χ2n) is 5.34. The third kappa shape index (κ3) is 4.17. The summed E-state index contributed by atoms with van der Waals surface area (Å²) in [4.78, 5) is 11.9. The van der Waals surface area contributed by atoms with E-state index in [1.807, 2.05) is 0 Å². The zero-order valence-corrected chi connectivity index (χ0v) is 11.5. The van der Waals surface area contributed by atoms with E-state index in [2.05, 4.69) is 6.58 Å². The van der Waals surface area contributed by atoms with Crippen molar-refractivity contribution in [2.75, 3.05) is 0 Å². The van der Waals surface area contributed by atoms with Crippen molar-refractivity contribution in [1.82, 2.24) is 0 Å². The van der Waals surface area contributed by atoms with Crippen LogP contribution in [0, 0.1) is 5.82 Å². The molecule has 2 N–H and O–H groups in total. The molecule has 0 heterocycles. The Kier molecular flexibility index (Phi) is 4.84. The fraction of sp³-hybridized carbons (Fsp3) is 0.400. The van der Waals surface area contributed by atoms with Gasteiger partial charge in [0.1, 0.15) is 17.5 Å². The van der Waals surface area contributed by atoms with E-state index in [9.17, 15) is 9.18 Å². The average molecular weight is 265 g/mol. The lowest BCUT2D eigenvalue weighted by Crippen LogP contribution is -2.41. The Morgan fingerprint density at radius 3 is 2.47 bits per heavy atom. The topological polar surface area (TPSA) is 52.3 Å². The molecule has 0 bridgehead atoms. The molecule has 19 heavy (non-hydrogen) atoms. The van der Waals surface area contributed by atoms with E-state index in [-0.39, 0.29) is 0 Å². The molecule has 1 aromatic rings. The summed E-state index contributed by atoms with van der Waals surface area (Å²) in [5, 5.41) is 0. The van der Waals surface area contributed by atoms with Crippen molar-refractivity contribution in [1.29, 1.82) is 0 Å². The maximum Gasteiger partial charge on any atom is 0.324 e. The molecular formula is C15H20FNO2. The third-order valence-electron chi connectivity index (χ3n) is 2.58. The summed E-state index contributed by atoms with van der Waals surface area (Å²) in [6, 6.07) is 5.21. The molecule has 0 aliphatic rings. The van der Waals surface area contributed by atoms with E-state index in [0.29, 0.717) is 5.56 Å². The van der Waals surface area contributed by atoms with Crippen LogP contribution in [-0.2, 0) is 9.53 Å². The van der Waals surface area contributed by atoms with E-state index in [4.69, 9.17) is 10.5 Å². The minimum Gasteiger partial charge on any atom is -0.459 e. The molecule has 3 nitrogen and oxygen atoms in total. The molecule has 0 fully saturated rings. The molecule has 0 unspecified atom stereocenters. The Morgan fingerprint density at radius 1 is 1.42 bits per heavy atom. The van der Waals surface area contributed by atoms with Crippen LogP contribution in [0.25, 0.3) is 0 Å². The number of hydrogen-bond donors (Lipinski definition) is 1. The summed E-state index contributed by atoms with van der Waals surface area (Å²) in [5.41, 5.74) is 5.58. The van der Waals surface area contributed by atoms with Crippen molar-refractivity contribution in [3.05, 3.63) is 48.3 Å². The number of carbonyl (C=O) groups excluding carboxylic acids is 1. The molecule has 1 aromatic carbocycles. The highest BCUT2D eigenvalue weighted by Crippen LogP contribution is 2.24. The fourth-order valence-electron chi connectivity index (χ4n) is 1.73. The summed E-state index contributed by atoms with van der Waals surface area (Å²) < 4.78 is 18.9. The van der Waals surface area contributed by atoms with E-state index >= 15 is 0 Å². The van der Waals surface area contributed by atoms with Crippen LogP contribution in [-0.4, -0.2) is 17.6 Å². The van der Waals surface area contributed by atoms with Crippen LogP contribution in [0.4, 0.5) is 4.39 Å². The highest BCUT2D eigenvalue weighted by Gasteiger charge is 2.29. The van der Waals surface area contributed by atoms with E-state index < -0.39 is 29.3 Å². The highest BCUT2D eigenvalue weighted by molar-refractivity contribution is 5.77. The van der Waals surface area contributed by atoms with Gasteiger partial charge >= 0.3 is 5.97 Å². The molecule has 0 aromatic heterocycles. The number of esters is 1. The first kappa shape index (κ1) is 15.4. The largest absolute Gasteiger partial charge is 0.459 e. The van der Waals surface area contributed by atoms with Gasteiger partial charge in [0.25, 0.3) is 0 Å². The predicted octanol–water partition coefficient (Wildman–Crippen LogP) is 2.76. The zero-order chi connectivity index (χ0) is 14.6. The number of rotatable bonds is 4. The van der Waals surface area contributed by atoms with Crippen LogP contribution in [0.15, 0.2) is 36.9 Å². The van der Waals surface area contributed by atoms with Gasteiger partial charge in [-0.05, 0) is 32.4 Å². The Morgan fingerprint density at radius 2 is 2.00 bits per heavy atom. The molecule has 2 atom stereocenters. The highest BCUT2D eigenvalue weighted by atomic mass is 19.1. The monoisotopic (exact) mass is 265 g/mol. The van der Waals surface area contributed by atoms with Crippen molar-refractivity contribution >= 4 is 5.97 Å². The van der Waals surface area contributed by atoms with Crippen LogP contribution in [0.1, 0.15) is 32.3 Å².